The molecular weight excluding hydrogens is 402 g/mol. The molecule has 0 radical (unpaired) electrons. The first-order valence-corrected chi connectivity index (χ1v) is 10.5. The summed E-state index contributed by atoms with van der Waals surface area (Å²) in [5.74, 6) is 0.682. The fourth-order valence-electron chi connectivity index (χ4n) is 3.52. The summed E-state index contributed by atoms with van der Waals surface area (Å²) in [6.07, 6.45) is 5.13. The highest BCUT2D eigenvalue weighted by atomic mass is 16.2. The maximum absolute atomic E-state index is 12.6. The molecule has 2 aromatic carbocycles. The first-order valence-electron chi connectivity index (χ1n) is 10.5. The topological polar surface area (TPSA) is 91.6 Å². The third-order valence-electron chi connectivity index (χ3n) is 5.36. The molecule has 7 nitrogen and oxygen atoms in total. The molecule has 0 atom stereocenters. The second-order valence-corrected chi connectivity index (χ2v) is 7.50. The van der Waals surface area contributed by atoms with Gasteiger partial charge in [0.05, 0.1) is 11.4 Å². The Kier molecular flexibility index (Phi) is 6.46. The van der Waals surface area contributed by atoms with E-state index in [4.69, 9.17) is 5.73 Å². The molecular formula is C25H25N5O2. The number of carbonyl (C=O) groups excluding carboxylic acids is 2. The van der Waals surface area contributed by atoms with Crippen LogP contribution in [0.3, 0.4) is 0 Å². The molecule has 1 aliphatic heterocycles. The van der Waals surface area contributed by atoms with Gasteiger partial charge in [-0.3, -0.25) is 9.59 Å². The van der Waals surface area contributed by atoms with E-state index in [9.17, 15) is 9.59 Å². The Hall–Kier alpha value is -4.13. The summed E-state index contributed by atoms with van der Waals surface area (Å²) in [6.45, 7) is 2.82. The molecule has 0 saturated carbocycles. The predicted octanol–water partition coefficient (Wildman–Crippen LogP) is 3.28. The number of pyridine rings is 1. The van der Waals surface area contributed by atoms with E-state index in [2.05, 4.69) is 15.2 Å². The van der Waals surface area contributed by atoms with Crippen molar-refractivity contribution in [3.63, 3.8) is 0 Å². The zero-order valence-electron chi connectivity index (χ0n) is 17.6. The van der Waals surface area contributed by atoms with Crippen molar-refractivity contribution in [1.29, 1.82) is 0 Å². The van der Waals surface area contributed by atoms with Gasteiger partial charge in [-0.15, -0.1) is 0 Å². The molecule has 0 bridgehead atoms. The minimum absolute atomic E-state index is 0.0213. The van der Waals surface area contributed by atoms with E-state index >= 15 is 0 Å². The highest BCUT2D eigenvalue weighted by Gasteiger charge is 2.20. The van der Waals surface area contributed by atoms with E-state index < -0.39 is 0 Å². The van der Waals surface area contributed by atoms with Crippen LogP contribution in [0.1, 0.15) is 15.9 Å². The summed E-state index contributed by atoms with van der Waals surface area (Å²) in [4.78, 5) is 33.4. The molecule has 0 unspecified atom stereocenters. The van der Waals surface area contributed by atoms with Gasteiger partial charge in [0.2, 0.25) is 5.91 Å². The molecule has 32 heavy (non-hydrogen) atoms. The second kappa shape index (κ2) is 9.78. The summed E-state index contributed by atoms with van der Waals surface area (Å²) >= 11 is 0. The monoisotopic (exact) mass is 427 g/mol. The molecule has 2 amide bonds. The summed E-state index contributed by atoms with van der Waals surface area (Å²) in [5.41, 5.74) is 8.33. The van der Waals surface area contributed by atoms with Crippen molar-refractivity contribution in [2.45, 2.75) is 0 Å². The number of rotatable bonds is 5. The van der Waals surface area contributed by atoms with Gasteiger partial charge in [0.25, 0.3) is 5.91 Å². The molecule has 1 saturated heterocycles. The van der Waals surface area contributed by atoms with E-state index in [0.717, 1.165) is 24.5 Å². The molecule has 3 aromatic rings. The summed E-state index contributed by atoms with van der Waals surface area (Å²) in [7, 11) is 0. The quantitative estimate of drug-likeness (QED) is 0.482. The summed E-state index contributed by atoms with van der Waals surface area (Å²) < 4.78 is 0. The minimum atomic E-state index is -0.236. The molecule has 1 fully saturated rings. The molecule has 1 aliphatic rings. The number of nitrogens with two attached hydrogens (primary N) is 1. The molecule has 0 aliphatic carbocycles. The number of para-hydroxylation sites is 2. The number of benzene rings is 2. The van der Waals surface area contributed by atoms with Gasteiger partial charge in [-0.25, -0.2) is 4.98 Å². The lowest BCUT2D eigenvalue weighted by atomic mass is 10.1. The first kappa shape index (κ1) is 21.1. The number of nitrogens with one attached hydrogen (secondary N) is 1. The molecule has 3 N–H and O–H groups in total. The van der Waals surface area contributed by atoms with Gasteiger partial charge in [0.1, 0.15) is 5.82 Å². The van der Waals surface area contributed by atoms with Crippen LogP contribution >= 0.6 is 0 Å². The standard InChI is InChI=1S/C25H25N5O2/c26-21-5-1-2-6-22(21)28-25(32)20-11-8-19(9-12-20)10-13-24(31)30-17-15-29(16-18-30)23-7-3-4-14-27-23/h1-14H,15-18,26H2,(H,28,32). The zero-order valence-corrected chi connectivity index (χ0v) is 17.6. The lowest BCUT2D eigenvalue weighted by Gasteiger charge is -2.34. The van der Waals surface area contributed by atoms with Crippen molar-refractivity contribution in [3.05, 3.63) is 90.1 Å². The van der Waals surface area contributed by atoms with Crippen LogP contribution in [0, 0.1) is 0 Å². The van der Waals surface area contributed by atoms with Crippen LogP contribution in [0.4, 0.5) is 17.2 Å². The third kappa shape index (κ3) is 5.13. The number of piperazine rings is 1. The van der Waals surface area contributed by atoms with Crippen LogP contribution in [0.25, 0.3) is 6.08 Å². The Morgan fingerprint density at radius 2 is 1.62 bits per heavy atom. The first-order chi connectivity index (χ1) is 15.6. The Morgan fingerprint density at radius 3 is 2.31 bits per heavy atom. The Morgan fingerprint density at radius 1 is 0.906 bits per heavy atom. The normalized spacial score (nSPS) is 13.9. The van der Waals surface area contributed by atoms with Gasteiger partial charge < -0.3 is 20.9 Å². The van der Waals surface area contributed by atoms with E-state index in [0.29, 0.717) is 30.0 Å². The minimum Gasteiger partial charge on any atom is -0.397 e. The molecule has 4 rings (SSSR count). The van der Waals surface area contributed by atoms with Crippen LogP contribution in [-0.2, 0) is 4.79 Å². The summed E-state index contributed by atoms with van der Waals surface area (Å²) in [6, 6.07) is 20.0. The van der Waals surface area contributed by atoms with Gasteiger partial charge >= 0.3 is 0 Å². The van der Waals surface area contributed by atoms with E-state index in [-0.39, 0.29) is 11.8 Å². The highest BCUT2D eigenvalue weighted by Crippen LogP contribution is 2.18. The number of amides is 2. The maximum atomic E-state index is 12.6. The smallest absolute Gasteiger partial charge is 0.255 e. The lowest BCUT2D eigenvalue weighted by Crippen LogP contribution is -2.48. The lowest BCUT2D eigenvalue weighted by molar-refractivity contribution is -0.126. The molecule has 2 heterocycles. The number of nitrogen functional groups attached to an aromatic ring is 1. The Labute approximate surface area is 187 Å². The van der Waals surface area contributed by atoms with Crippen LogP contribution in [0.5, 0.6) is 0 Å². The zero-order chi connectivity index (χ0) is 22.3. The van der Waals surface area contributed by atoms with E-state index in [1.165, 1.54) is 0 Å². The third-order valence-corrected chi connectivity index (χ3v) is 5.36. The van der Waals surface area contributed by atoms with Crippen molar-refractivity contribution in [1.82, 2.24) is 9.88 Å². The number of hydrogen-bond acceptors (Lipinski definition) is 5. The Bertz CT molecular complexity index is 1100. The van der Waals surface area contributed by atoms with Crippen molar-refractivity contribution < 1.29 is 9.59 Å². The van der Waals surface area contributed by atoms with Gasteiger partial charge in [-0.1, -0.05) is 30.3 Å². The average Bonchev–Trinajstić information content (AvgIpc) is 2.85. The van der Waals surface area contributed by atoms with Crippen molar-refractivity contribution in [2.24, 2.45) is 0 Å². The van der Waals surface area contributed by atoms with Crippen LogP contribution < -0.4 is 16.0 Å². The maximum Gasteiger partial charge on any atom is 0.255 e. The fraction of sp³-hybridized carbons (Fsp3) is 0.160. The number of carbonyl (C=O) groups is 2. The van der Waals surface area contributed by atoms with Gasteiger partial charge in [-0.05, 0) is 48.0 Å². The fourth-order valence-corrected chi connectivity index (χ4v) is 3.52. The highest BCUT2D eigenvalue weighted by molar-refractivity contribution is 6.05. The van der Waals surface area contributed by atoms with Crippen LogP contribution in [0.15, 0.2) is 79.0 Å². The van der Waals surface area contributed by atoms with Gasteiger partial charge in [0.15, 0.2) is 0 Å². The van der Waals surface area contributed by atoms with Crippen LogP contribution in [-0.4, -0.2) is 47.9 Å². The van der Waals surface area contributed by atoms with Crippen LogP contribution in [0.2, 0.25) is 0 Å². The molecule has 0 spiro atoms. The average molecular weight is 428 g/mol. The van der Waals surface area contributed by atoms with E-state index in [1.807, 2.05) is 47.4 Å². The number of anilines is 3. The van der Waals surface area contributed by atoms with E-state index in [1.54, 1.807) is 42.6 Å². The number of nitrogens with zero attached hydrogens (tertiary/aromatic N) is 3. The van der Waals surface area contributed by atoms with Crippen molar-refractivity contribution >= 4 is 35.1 Å². The number of aromatic nitrogens is 1. The molecule has 162 valence electrons. The number of hydrogen-bond donors (Lipinski definition) is 2. The molecule has 1 aromatic heterocycles. The Balaban J connectivity index is 1.30. The van der Waals surface area contributed by atoms with Gasteiger partial charge in [-0.2, -0.15) is 0 Å². The summed E-state index contributed by atoms with van der Waals surface area (Å²) in [5, 5.41) is 2.80. The SMILES string of the molecule is Nc1ccccc1NC(=O)c1ccc(C=CC(=O)N2CCN(c3ccccn3)CC2)cc1. The second-order valence-electron chi connectivity index (χ2n) is 7.50. The molecule has 7 heteroatoms. The van der Waals surface area contributed by atoms with Crippen molar-refractivity contribution in [3.8, 4) is 0 Å². The largest absolute Gasteiger partial charge is 0.397 e. The predicted molar refractivity (Wildman–Crippen MR) is 127 cm³/mol. The van der Waals surface area contributed by atoms with Gasteiger partial charge in [0, 0.05) is 44.0 Å². The van der Waals surface area contributed by atoms with Crippen molar-refractivity contribution in [2.75, 3.05) is 42.1 Å².